The molecule has 1 atom stereocenters. The van der Waals surface area contributed by atoms with Crippen LogP contribution in [-0.4, -0.2) is 38.8 Å². The van der Waals surface area contributed by atoms with E-state index in [0.717, 1.165) is 23.9 Å². The van der Waals surface area contributed by atoms with Crippen LogP contribution in [0.1, 0.15) is 18.4 Å². The van der Waals surface area contributed by atoms with E-state index in [1.807, 2.05) is 36.2 Å². The molecule has 3 N–H and O–H groups in total. The Kier molecular flexibility index (Phi) is 5.31. The molecule has 0 aliphatic heterocycles. The van der Waals surface area contributed by atoms with Crippen molar-refractivity contribution in [2.75, 3.05) is 12.8 Å². The second-order valence-corrected chi connectivity index (χ2v) is 6.37. The van der Waals surface area contributed by atoms with Gasteiger partial charge in [0.15, 0.2) is 0 Å². The Hall–Kier alpha value is -3.15. The Morgan fingerprint density at radius 2 is 2.04 bits per heavy atom. The number of H-pyrrole nitrogens is 1. The first kappa shape index (κ1) is 17.7. The predicted octanol–water partition coefficient (Wildman–Crippen LogP) is 2.95. The third kappa shape index (κ3) is 4.27. The van der Waals surface area contributed by atoms with E-state index in [1.54, 1.807) is 6.20 Å². The highest BCUT2D eigenvalue weighted by atomic mass is 16.2. The molecule has 1 saturated carbocycles. The standard InChI is InChI=1S/C14H17NO.C6H6N4/c1-11-10-13(11)15(2)14(16)9-8-12-6-4-3-5-7-12;7-5-4-1-2-8-6(4)10-3-9-5/h3-7,13H,1,8-10H2,2H3;1-3H,(H3,7,8,9,10). The number of carbonyl (C=O) groups excluding carboxylic acids is 1. The SMILES string of the molecule is C=C1CC1N(C)C(=O)CCc1ccccc1.Nc1ncnc2[nH]ccc12. The second-order valence-electron chi connectivity index (χ2n) is 6.37. The minimum atomic E-state index is 0.215. The first-order valence-electron chi connectivity index (χ1n) is 8.57. The van der Waals surface area contributed by atoms with Crippen LogP contribution in [0.4, 0.5) is 5.82 Å². The van der Waals surface area contributed by atoms with Gasteiger partial charge in [-0.2, -0.15) is 0 Å². The highest BCUT2D eigenvalue weighted by Crippen LogP contribution is 2.32. The second kappa shape index (κ2) is 7.82. The zero-order chi connectivity index (χ0) is 18.5. The van der Waals surface area contributed by atoms with Crippen molar-refractivity contribution < 1.29 is 4.79 Å². The molecular formula is C20H23N5O. The summed E-state index contributed by atoms with van der Waals surface area (Å²) in [6.45, 7) is 3.88. The third-order valence-corrected chi connectivity index (χ3v) is 4.48. The van der Waals surface area contributed by atoms with E-state index in [4.69, 9.17) is 5.73 Å². The summed E-state index contributed by atoms with van der Waals surface area (Å²) in [6, 6.07) is 12.3. The lowest BCUT2D eigenvalue weighted by Crippen LogP contribution is -2.29. The number of aromatic nitrogens is 3. The van der Waals surface area contributed by atoms with Gasteiger partial charge < -0.3 is 15.6 Å². The number of nitrogens with one attached hydrogen (secondary N) is 1. The minimum Gasteiger partial charge on any atom is -0.383 e. The number of hydrogen-bond donors (Lipinski definition) is 2. The molecule has 6 heteroatoms. The van der Waals surface area contributed by atoms with Crippen molar-refractivity contribution in [3.63, 3.8) is 0 Å². The van der Waals surface area contributed by atoms with E-state index in [-0.39, 0.29) is 5.91 Å². The van der Waals surface area contributed by atoms with Crippen LogP contribution in [0.2, 0.25) is 0 Å². The topological polar surface area (TPSA) is 87.9 Å². The van der Waals surface area contributed by atoms with Gasteiger partial charge in [0.25, 0.3) is 0 Å². The number of nitrogens with zero attached hydrogens (tertiary/aromatic N) is 3. The van der Waals surface area contributed by atoms with Gasteiger partial charge >= 0.3 is 0 Å². The zero-order valence-corrected chi connectivity index (χ0v) is 14.9. The van der Waals surface area contributed by atoms with E-state index >= 15 is 0 Å². The molecule has 3 aromatic rings. The minimum absolute atomic E-state index is 0.215. The molecule has 0 spiro atoms. The number of benzene rings is 1. The van der Waals surface area contributed by atoms with E-state index in [0.29, 0.717) is 18.3 Å². The summed E-state index contributed by atoms with van der Waals surface area (Å²) in [7, 11) is 1.87. The lowest BCUT2D eigenvalue weighted by atomic mass is 10.1. The van der Waals surface area contributed by atoms with Crippen LogP contribution in [-0.2, 0) is 11.2 Å². The molecule has 1 fully saturated rings. The Balaban J connectivity index is 0.000000167. The van der Waals surface area contributed by atoms with Crippen LogP contribution < -0.4 is 5.73 Å². The molecule has 1 unspecified atom stereocenters. The number of rotatable bonds is 4. The van der Waals surface area contributed by atoms with Crippen LogP contribution in [0.3, 0.4) is 0 Å². The third-order valence-electron chi connectivity index (χ3n) is 4.48. The normalized spacial score (nSPS) is 15.3. The van der Waals surface area contributed by atoms with Gasteiger partial charge in [-0.3, -0.25) is 4.79 Å². The number of likely N-dealkylation sites (N-methyl/N-ethyl adjacent to an activating group) is 1. The predicted molar refractivity (Wildman–Crippen MR) is 103 cm³/mol. The summed E-state index contributed by atoms with van der Waals surface area (Å²) in [5.74, 6) is 0.735. The molecule has 26 heavy (non-hydrogen) atoms. The van der Waals surface area contributed by atoms with Gasteiger partial charge in [0.2, 0.25) is 5.91 Å². The number of carbonyl (C=O) groups is 1. The lowest BCUT2D eigenvalue weighted by molar-refractivity contribution is -0.130. The molecule has 1 aromatic carbocycles. The number of aryl methyl sites for hydroxylation is 1. The molecule has 0 radical (unpaired) electrons. The van der Waals surface area contributed by atoms with Crippen molar-refractivity contribution >= 4 is 22.8 Å². The van der Waals surface area contributed by atoms with Crippen molar-refractivity contribution in [2.45, 2.75) is 25.3 Å². The molecule has 1 aliphatic rings. The molecule has 1 aliphatic carbocycles. The van der Waals surface area contributed by atoms with Gasteiger partial charge in [-0.1, -0.05) is 42.5 Å². The lowest BCUT2D eigenvalue weighted by Gasteiger charge is -2.15. The van der Waals surface area contributed by atoms with Crippen molar-refractivity contribution in [2.24, 2.45) is 0 Å². The van der Waals surface area contributed by atoms with Crippen molar-refractivity contribution in [3.05, 3.63) is 66.6 Å². The fraction of sp³-hybridized carbons (Fsp3) is 0.250. The summed E-state index contributed by atoms with van der Waals surface area (Å²) < 4.78 is 0. The fourth-order valence-electron chi connectivity index (χ4n) is 2.74. The first-order chi connectivity index (χ1) is 12.6. The van der Waals surface area contributed by atoms with Gasteiger partial charge in [0, 0.05) is 19.7 Å². The molecule has 6 nitrogen and oxygen atoms in total. The Morgan fingerprint density at radius 1 is 1.31 bits per heavy atom. The van der Waals surface area contributed by atoms with E-state index in [1.165, 1.54) is 17.5 Å². The van der Waals surface area contributed by atoms with Crippen molar-refractivity contribution in [1.29, 1.82) is 0 Å². The number of amides is 1. The van der Waals surface area contributed by atoms with Crippen LogP contribution in [0.15, 0.2) is 61.1 Å². The maximum absolute atomic E-state index is 11.8. The summed E-state index contributed by atoms with van der Waals surface area (Å²) in [5, 5.41) is 0.877. The number of nitrogen functional groups attached to an aromatic ring is 1. The molecule has 0 saturated heterocycles. The van der Waals surface area contributed by atoms with Crippen LogP contribution >= 0.6 is 0 Å². The molecule has 2 heterocycles. The molecule has 4 rings (SSSR count). The quantitative estimate of drug-likeness (QED) is 0.709. The van der Waals surface area contributed by atoms with E-state index < -0.39 is 0 Å². The van der Waals surface area contributed by atoms with Gasteiger partial charge in [-0.25, -0.2) is 9.97 Å². The van der Waals surface area contributed by atoms with Crippen molar-refractivity contribution in [1.82, 2.24) is 19.9 Å². The number of anilines is 1. The average Bonchev–Trinajstić information content (AvgIpc) is 3.18. The largest absolute Gasteiger partial charge is 0.383 e. The number of nitrogens with two attached hydrogens (primary N) is 1. The Labute approximate surface area is 152 Å². The van der Waals surface area contributed by atoms with Crippen LogP contribution in [0.25, 0.3) is 11.0 Å². The maximum Gasteiger partial charge on any atom is 0.223 e. The summed E-state index contributed by atoms with van der Waals surface area (Å²) in [4.78, 5) is 24.4. The van der Waals surface area contributed by atoms with Gasteiger partial charge in [0.05, 0.1) is 11.4 Å². The van der Waals surface area contributed by atoms with Gasteiger partial charge in [0.1, 0.15) is 17.8 Å². The number of fused-ring (bicyclic) bond motifs is 1. The Morgan fingerprint density at radius 3 is 2.69 bits per heavy atom. The average molecular weight is 349 g/mol. The maximum atomic E-state index is 11.8. The molecule has 0 bridgehead atoms. The fourth-order valence-corrected chi connectivity index (χ4v) is 2.74. The molecule has 2 aromatic heterocycles. The summed E-state index contributed by atoms with van der Waals surface area (Å²) in [5.41, 5.74) is 8.71. The number of hydrogen-bond acceptors (Lipinski definition) is 4. The monoisotopic (exact) mass is 349 g/mol. The van der Waals surface area contributed by atoms with Gasteiger partial charge in [-0.05, 0) is 24.5 Å². The molecule has 134 valence electrons. The number of aromatic amines is 1. The first-order valence-corrected chi connectivity index (χ1v) is 8.57. The Bertz CT molecular complexity index is 903. The summed E-state index contributed by atoms with van der Waals surface area (Å²) >= 11 is 0. The molecule has 1 amide bonds. The van der Waals surface area contributed by atoms with Crippen molar-refractivity contribution in [3.8, 4) is 0 Å². The highest BCUT2D eigenvalue weighted by Gasteiger charge is 2.33. The highest BCUT2D eigenvalue weighted by molar-refractivity contribution is 5.85. The summed E-state index contributed by atoms with van der Waals surface area (Å²) in [6.07, 6.45) is 5.62. The van der Waals surface area contributed by atoms with Gasteiger partial charge in [-0.15, -0.1) is 0 Å². The van der Waals surface area contributed by atoms with E-state index in [2.05, 4.69) is 33.7 Å². The van der Waals surface area contributed by atoms with Crippen LogP contribution in [0, 0.1) is 0 Å². The smallest absolute Gasteiger partial charge is 0.223 e. The van der Waals surface area contributed by atoms with Crippen LogP contribution in [0.5, 0.6) is 0 Å². The zero-order valence-electron chi connectivity index (χ0n) is 14.9. The molecular weight excluding hydrogens is 326 g/mol. The van der Waals surface area contributed by atoms with E-state index in [9.17, 15) is 4.79 Å².